The molecule has 0 aliphatic carbocycles. The van der Waals surface area contributed by atoms with E-state index in [2.05, 4.69) is 5.32 Å². The molecule has 0 saturated heterocycles. The van der Waals surface area contributed by atoms with Crippen LogP contribution in [0, 0.1) is 0 Å². The maximum atomic E-state index is 13.1. The largest absolute Gasteiger partial charge is 0.462 e. The number of carbonyl (C=O) groups is 3. The number of esters is 1. The van der Waals surface area contributed by atoms with Crippen molar-refractivity contribution >= 4 is 46.4 Å². The quantitative estimate of drug-likeness (QED) is 0.153. The van der Waals surface area contributed by atoms with Gasteiger partial charge in [-0.15, -0.1) is 0 Å². The van der Waals surface area contributed by atoms with E-state index >= 15 is 0 Å². The number of hydrogen-bond donors (Lipinski definition) is 1. The molecule has 2 heterocycles. The molecule has 0 radical (unpaired) electrons. The fourth-order valence-corrected chi connectivity index (χ4v) is 3.82. The van der Waals surface area contributed by atoms with Crippen molar-refractivity contribution in [2.45, 2.75) is 6.42 Å². The van der Waals surface area contributed by atoms with E-state index in [0.717, 1.165) is 11.1 Å². The fraction of sp³-hybridized carbons (Fsp3) is 0.115. The Kier molecular flexibility index (Phi) is 7.30. The highest BCUT2D eigenvalue weighted by Gasteiger charge is 2.24. The third-order valence-corrected chi connectivity index (χ3v) is 5.92. The molecule has 8 heteroatoms. The molecule has 2 aromatic carbocycles. The first-order chi connectivity index (χ1) is 16.5. The number of carbonyl (C=O) groups excluding carboxylic acids is 3. The Morgan fingerprint density at radius 1 is 0.882 bits per heavy atom. The standard InChI is InChI=1S/C26H20Cl2N2O4/c27-21-11-10-18(15-22(21)28)26(33)34-14-6-12-29-25(32)24(31)23-20(17-7-2-1-3-8-17)16-19-9-4-5-13-30(19)23/h1-5,7-11,13,15-16H,6,12,14H2,(H,29,32). The van der Waals surface area contributed by atoms with Crippen LogP contribution in [0.15, 0.2) is 79.0 Å². The van der Waals surface area contributed by atoms with Crippen molar-refractivity contribution in [1.29, 1.82) is 0 Å². The average Bonchev–Trinajstić information content (AvgIpc) is 3.25. The predicted molar refractivity (Wildman–Crippen MR) is 132 cm³/mol. The highest BCUT2D eigenvalue weighted by atomic mass is 35.5. The Labute approximate surface area is 206 Å². The Morgan fingerprint density at radius 2 is 1.65 bits per heavy atom. The number of fused-ring (bicyclic) bond motifs is 1. The maximum absolute atomic E-state index is 13.1. The van der Waals surface area contributed by atoms with Gasteiger partial charge in [0.2, 0.25) is 0 Å². The second-order valence-electron chi connectivity index (χ2n) is 7.47. The van der Waals surface area contributed by atoms with Crippen LogP contribution in [0.5, 0.6) is 0 Å². The molecule has 0 aliphatic heterocycles. The topological polar surface area (TPSA) is 76.9 Å². The third-order valence-electron chi connectivity index (χ3n) is 5.18. The van der Waals surface area contributed by atoms with Gasteiger partial charge in [-0.3, -0.25) is 9.59 Å². The summed E-state index contributed by atoms with van der Waals surface area (Å²) < 4.78 is 6.90. The smallest absolute Gasteiger partial charge is 0.338 e. The molecule has 0 saturated carbocycles. The number of aromatic nitrogens is 1. The number of benzene rings is 2. The minimum absolute atomic E-state index is 0.0663. The van der Waals surface area contributed by atoms with Gasteiger partial charge in [0.25, 0.3) is 11.7 Å². The van der Waals surface area contributed by atoms with E-state index in [1.54, 1.807) is 16.7 Å². The summed E-state index contributed by atoms with van der Waals surface area (Å²) in [4.78, 5) is 37.8. The van der Waals surface area contributed by atoms with E-state index in [4.69, 9.17) is 27.9 Å². The van der Waals surface area contributed by atoms with Crippen LogP contribution >= 0.6 is 23.2 Å². The number of rotatable bonds is 8. The van der Waals surface area contributed by atoms with Gasteiger partial charge in [-0.05, 0) is 48.4 Å². The zero-order valence-corrected chi connectivity index (χ0v) is 19.5. The van der Waals surface area contributed by atoms with Crippen molar-refractivity contribution in [3.05, 3.63) is 100 Å². The van der Waals surface area contributed by atoms with Gasteiger partial charge in [0.1, 0.15) is 5.69 Å². The molecule has 0 fully saturated rings. The van der Waals surface area contributed by atoms with Crippen LogP contribution in [-0.4, -0.2) is 35.2 Å². The Balaban J connectivity index is 1.37. The molecule has 4 rings (SSSR count). The van der Waals surface area contributed by atoms with Gasteiger partial charge in [0, 0.05) is 23.8 Å². The number of amides is 1. The van der Waals surface area contributed by atoms with Gasteiger partial charge in [-0.1, -0.05) is 59.6 Å². The van der Waals surface area contributed by atoms with E-state index in [9.17, 15) is 14.4 Å². The van der Waals surface area contributed by atoms with Crippen molar-refractivity contribution in [1.82, 2.24) is 9.72 Å². The van der Waals surface area contributed by atoms with Crippen molar-refractivity contribution in [2.75, 3.05) is 13.2 Å². The monoisotopic (exact) mass is 494 g/mol. The number of Topliss-reactive ketones (excluding diaryl/α,β-unsaturated/α-hetero) is 1. The average molecular weight is 495 g/mol. The minimum atomic E-state index is -0.725. The molecule has 1 N–H and O–H groups in total. The van der Waals surface area contributed by atoms with Crippen molar-refractivity contribution in [2.24, 2.45) is 0 Å². The van der Waals surface area contributed by atoms with Crippen LogP contribution in [0.25, 0.3) is 16.6 Å². The second kappa shape index (κ2) is 10.5. The number of hydrogen-bond acceptors (Lipinski definition) is 4. The first-order valence-electron chi connectivity index (χ1n) is 10.6. The molecule has 1 amide bonds. The molecule has 0 atom stereocenters. The molecule has 2 aromatic heterocycles. The van der Waals surface area contributed by atoms with Gasteiger partial charge in [-0.25, -0.2) is 4.79 Å². The highest BCUT2D eigenvalue weighted by molar-refractivity contribution is 6.44. The van der Waals surface area contributed by atoms with Gasteiger partial charge in [0.05, 0.1) is 22.2 Å². The number of ether oxygens (including phenoxy) is 1. The van der Waals surface area contributed by atoms with E-state index in [1.165, 1.54) is 18.2 Å². The lowest BCUT2D eigenvalue weighted by Crippen LogP contribution is -2.33. The van der Waals surface area contributed by atoms with Gasteiger partial charge < -0.3 is 14.5 Å². The molecule has 0 aliphatic rings. The summed E-state index contributed by atoms with van der Waals surface area (Å²) in [7, 11) is 0. The maximum Gasteiger partial charge on any atom is 0.338 e. The SMILES string of the molecule is O=C(NCCCOC(=O)c1ccc(Cl)c(Cl)c1)C(=O)c1c(-c2ccccc2)cc2ccccn12. The first kappa shape index (κ1) is 23.5. The molecule has 4 aromatic rings. The molecule has 34 heavy (non-hydrogen) atoms. The van der Waals surface area contributed by atoms with E-state index in [1.807, 2.05) is 48.5 Å². The Morgan fingerprint density at radius 3 is 2.41 bits per heavy atom. The van der Waals surface area contributed by atoms with E-state index in [-0.39, 0.29) is 23.7 Å². The summed E-state index contributed by atoms with van der Waals surface area (Å²) in [5.74, 6) is -1.91. The second-order valence-corrected chi connectivity index (χ2v) is 8.29. The van der Waals surface area contributed by atoms with Crippen molar-refractivity contribution in [3.63, 3.8) is 0 Å². The summed E-state index contributed by atoms with van der Waals surface area (Å²) in [5.41, 5.74) is 2.92. The molecule has 172 valence electrons. The van der Waals surface area contributed by atoms with E-state index in [0.29, 0.717) is 22.7 Å². The number of halogens is 2. The van der Waals surface area contributed by atoms with Gasteiger partial charge in [0.15, 0.2) is 0 Å². The van der Waals surface area contributed by atoms with Crippen LogP contribution in [0.1, 0.15) is 27.3 Å². The molecule has 6 nitrogen and oxygen atoms in total. The summed E-state index contributed by atoms with van der Waals surface area (Å²) in [6.45, 7) is 0.236. The minimum Gasteiger partial charge on any atom is -0.462 e. The lowest BCUT2D eigenvalue weighted by molar-refractivity contribution is -0.117. The molecular formula is C26H20Cl2N2O4. The van der Waals surface area contributed by atoms with Crippen molar-refractivity contribution < 1.29 is 19.1 Å². The number of nitrogens with zero attached hydrogens (tertiary/aromatic N) is 1. The summed E-state index contributed by atoms with van der Waals surface area (Å²) in [6, 6.07) is 21.3. The Hall–Kier alpha value is -3.61. The number of ketones is 1. The van der Waals surface area contributed by atoms with Gasteiger partial charge >= 0.3 is 5.97 Å². The van der Waals surface area contributed by atoms with Crippen LogP contribution < -0.4 is 5.32 Å². The Bertz CT molecular complexity index is 1370. The molecule has 0 spiro atoms. The molecular weight excluding hydrogens is 475 g/mol. The predicted octanol–water partition coefficient (Wildman–Crippen LogP) is 5.46. The normalized spacial score (nSPS) is 10.8. The molecule has 0 unspecified atom stereocenters. The van der Waals surface area contributed by atoms with Crippen LogP contribution in [0.2, 0.25) is 10.0 Å². The summed E-state index contributed by atoms with van der Waals surface area (Å²) in [5, 5.41) is 3.22. The number of pyridine rings is 1. The third kappa shape index (κ3) is 5.14. The van der Waals surface area contributed by atoms with Crippen LogP contribution in [0.3, 0.4) is 0 Å². The zero-order chi connectivity index (χ0) is 24.1. The molecule has 0 bridgehead atoms. The number of nitrogens with one attached hydrogen (secondary N) is 1. The zero-order valence-electron chi connectivity index (χ0n) is 18.0. The first-order valence-corrected chi connectivity index (χ1v) is 11.3. The van der Waals surface area contributed by atoms with Gasteiger partial charge in [-0.2, -0.15) is 0 Å². The lowest BCUT2D eigenvalue weighted by atomic mass is 10.0. The fourth-order valence-electron chi connectivity index (χ4n) is 3.53. The van der Waals surface area contributed by atoms with Crippen LogP contribution in [0.4, 0.5) is 0 Å². The van der Waals surface area contributed by atoms with Crippen LogP contribution in [-0.2, 0) is 9.53 Å². The highest BCUT2D eigenvalue weighted by Crippen LogP contribution is 2.28. The summed E-state index contributed by atoms with van der Waals surface area (Å²) >= 11 is 11.8. The summed E-state index contributed by atoms with van der Waals surface area (Å²) in [6.07, 6.45) is 2.09. The lowest BCUT2D eigenvalue weighted by Gasteiger charge is -2.08. The van der Waals surface area contributed by atoms with E-state index < -0.39 is 17.7 Å². The van der Waals surface area contributed by atoms with Crippen molar-refractivity contribution in [3.8, 4) is 11.1 Å².